The van der Waals surface area contributed by atoms with Crippen LogP contribution in [0.5, 0.6) is 0 Å². The largest absolute Gasteiger partial charge is 0.386 e. The maximum atomic E-state index is 9.62. The van der Waals surface area contributed by atoms with Crippen LogP contribution in [0.25, 0.3) is 0 Å². The van der Waals surface area contributed by atoms with Crippen molar-refractivity contribution in [2.45, 2.75) is 19.4 Å². The molecule has 0 atom stereocenters. The van der Waals surface area contributed by atoms with Crippen LogP contribution in [0.4, 0.5) is 5.69 Å². The molecule has 1 N–H and O–H groups in total. The van der Waals surface area contributed by atoms with Crippen molar-refractivity contribution in [3.05, 3.63) is 29.3 Å². The van der Waals surface area contributed by atoms with Gasteiger partial charge in [-0.3, -0.25) is 0 Å². The predicted molar refractivity (Wildman–Crippen MR) is 58.7 cm³/mol. The third-order valence-electron chi connectivity index (χ3n) is 2.76. The van der Waals surface area contributed by atoms with Crippen LogP contribution in [0.2, 0.25) is 0 Å². The summed E-state index contributed by atoms with van der Waals surface area (Å²) >= 11 is 0. The van der Waals surface area contributed by atoms with E-state index in [2.05, 4.69) is 11.0 Å². The van der Waals surface area contributed by atoms with Crippen molar-refractivity contribution in [1.29, 1.82) is 5.26 Å². The van der Waals surface area contributed by atoms with Gasteiger partial charge in [0.15, 0.2) is 0 Å². The zero-order valence-corrected chi connectivity index (χ0v) is 8.99. The minimum Gasteiger partial charge on any atom is -0.386 e. The standard InChI is InChI=1S/C12H14N2O/c1-9-5-11(4-3-10(9)6-13)14-7-12(2,15)8-14/h3-5,15H,7-8H2,1-2H3. The fourth-order valence-corrected chi connectivity index (χ4v) is 1.93. The highest BCUT2D eigenvalue weighted by atomic mass is 16.3. The van der Waals surface area contributed by atoms with Gasteiger partial charge in [0.1, 0.15) is 0 Å². The molecule has 1 aliphatic rings. The number of aryl methyl sites for hydroxylation is 1. The third kappa shape index (κ3) is 1.81. The van der Waals surface area contributed by atoms with Crippen molar-refractivity contribution in [2.75, 3.05) is 18.0 Å². The second kappa shape index (κ2) is 3.25. The molecule has 1 aromatic carbocycles. The number of anilines is 1. The van der Waals surface area contributed by atoms with Gasteiger partial charge >= 0.3 is 0 Å². The van der Waals surface area contributed by atoms with E-state index in [-0.39, 0.29) is 0 Å². The molecule has 0 radical (unpaired) electrons. The van der Waals surface area contributed by atoms with Crippen LogP contribution in [0, 0.1) is 18.3 Å². The van der Waals surface area contributed by atoms with E-state index in [9.17, 15) is 5.11 Å². The number of rotatable bonds is 1. The Morgan fingerprint density at radius 1 is 1.47 bits per heavy atom. The molecule has 3 heteroatoms. The average molecular weight is 202 g/mol. The van der Waals surface area contributed by atoms with Crippen LogP contribution < -0.4 is 4.90 Å². The van der Waals surface area contributed by atoms with Crippen molar-refractivity contribution in [3.8, 4) is 6.07 Å². The third-order valence-corrected chi connectivity index (χ3v) is 2.76. The van der Waals surface area contributed by atoms with Gasteiger partial charge in [-0.05, 0) is 37.6 Å². The van der Waals surface area contributed by atoms with Crippen LogP contribution in [0.3, 0.4) is 0 Å². The molecular formula is C12H14N2O. The lowest BCUT2D eigenvalue weighted by atomic mass is 9.95. The van der Waals surface area contributed by atoms with E-state index in [4.69, 9.17) is 5.26 Å². The molecule has 1 saturated heterocycles. The van der Waals surface area contributed by atoms with Gasteiger partial charge in [0.2, 0.25) is 0 Å². The molecule has 1 heterocycles. The summed E-state index contributed by atoms with van der Waals surface area (Å²) in [6.45, 7) is 5.09. The Morgan fingerprint density at radius 2 is 2.13 bits per heavy atom. The van der Waals surface area contributed by atoms with Gasteiger partial charge in [0.25, 0.3) is 0 Å². The second-order valence-corrected chi connectivity index (χ2v) is 4.46. The van der Waals surface area contributed by atoms with Gasteiger partial charge in [0.05, 0.1) is 17.2 Å². The first-order chi connectivity index (χ1) is 7.02. The van der Waals surface area contributed by atoms with Crippen LogP contribution in [-0.2, 0) is 0 Å². The number of aliphatic hydroxyl groups is 1. The monoisotopic (exact) mass is 202 g/mol. The molecule has 2 rings (SSSR count). The van der Waals surface area contributed by atoms with Crippen molar-refractivity contribution in [3.63, 3.8) is 0 Å². The molecule has 0 aromatic heterocycles. The molecular weight excluding hydrogens is 188 g/mol. The lowest BCUT2D eigenvalue weighted by Crippen LogP contribution is -2.60. The molecule has 0 aliphatic carbocycles. The molecule has 1 aliphatic heterocycles. The number of hydrogen-bond acceptors (Lipinski definition) is 3. The summed E-state index contributed by atoms with van der Waals surface area (Å²) in [7, 11) is 0. The molecule has 78 valence electrons. The van der Waals surface area contributed by atoms with E-state index >= 15 is 0 Å². The number of nitrogens with zero attached hydrogens (tertiary/aromatic N) is 2. The Hall–Kier alpha value is -1.53. The van der Waals surface area contributed by atoms with Crippen molar-refractivity contribution in [1.82, 2.24) is 0 Å². The molecule has 0 amide bonds. The van der Waals surface area contributed by atoms with Crippen LogP contribution in [-0.4, -0.2) is 23.8 Å². The van der Waals surface area contributed by atoms with E-state index in [0.717, 1.165) is 11.3 Å². The summed E-state index contributed by atoms with van der Waals surface area (Å²) in [4.78, 5) is 2.11. The van der Waals surface area contributed by atoms with E-state index in [1.807, 2.05) is 32.0 Å². The molecule has 3 nitrogen and oxygen atoms in total. The fourth-order valence-electron chi connectivity index (χ4n) is 1.93. The summed E-state index contributed by atoms with van der Waals surface area (Å²) in [6.07, 6.45) is 0. The summed E-state index contributed by atoms with van der Waals surface area (Å²) in [6, 6.07) is 7.90. The normalized spacial score (nSPS) is 18.1. The van der Waals surface area contributed by atoms with E-state index in [0.29, 0.717) is 18.7 Å². The summed E-state index contributed by atoms with van der Waals surface area (Å²) in [5, 5.41) is 18.4. The van der Waals surface area contributed by atoms with Gasteiger partial charge in [-0.2, -0.15) is 5.26 Å². The zero-order chi connectivity index (χ0) is 11.1. The van der Waals surface area contributed by atoms with E-state index < -0.39 is 5.60 Å². The summed E-state index contributed by atoms with van der Waals surface area (Å²) in [5.41, 5.74) is 2.23. The molecule has 0 saturated carbocycles. The molecule has 1 aromatic rings. The number of benzene rings is 1. The van der Waals surface area contributed by atoms with Crippen molar-refractivity contribution < 1.29 is 5.11 Å². The van der Waals surface area contributed by atoms with E-state index in [1.165, 1.54) is 0 Å². The van der Waals surface area contributed by atoms with Gasteiger partial charge < -0.3 is 10.0 Å². The maximum absolute atomic E-state index is 9.62. The van der Waals surface area contributed by atoms with Crippen molar-refractivity contribution >= 4 is 5.69 Å². The average Bonchev–Trinajstić information content (AvgIpc) is 2.14. The first-order valence-electron chi connectivity index (χ1n) is 5.00. The van der Waals surface area contributed by atoms with Gasteiger partial charge in [-0.1, -0.05) is 0 Å². The Kier molecular flexibility index (Phi) is 2.17. The SMILES string of the molecule is Cc1cc(N2CC(C)(O)C2)ccc1C#N. The highest BCUT2D eigenvalue weighted by Crippen LogP contribution is 2.28. The van der Waals surface area contributed by atoms with Crippen LogP contribution in [0.15, 0.2) is 18.2 Å². The molecule has 15 heavy (non-hydrogen) atoms. The van der Waals surface area contributed by atoms with Crippen molar-refractivity contribution in [2.24, 2.45) is 0 Å². The zero-order valence-electron chi connectivity index (χ0n) is 8.99. The lowest BCUT2D eigenvalue weighted by molar-refractivity contribution is 0.0310. The quantitative estimate of drug-likeness (QED) is 0.749. The molecule has 0 unspecified atom stereocenters. The summed E-state index contributed by atoms with van der Waals surface area (Å²) in [5.74, 6) is 0. The Morgan fingerprint density at radius 3 is 2.60 bits per heavy atom. The Balaban J connectivity index is 2.19. The smallest absolute Gasteiger partial charge is 0.0994 e. The maximum Gasteiger partial charge on any atom is 0.0994 e. The predicted octanol–water partition coefficient (Wildman–Crippen LogP) is 1.44. The summed E-state index contributed by atoms with van der Waals surface area (Å²) < 4.78 is 0. The Labute approximate surface area is 89.6 Å². The molecule has 1 fully saturated rings. The number of β-amino-alcohol motifs (C(OH)–C–C–N with tert-alkyl or cyclic N) is 1. The lowest BCUT2D eigenvalue weighted by Gasteiger charge is -2.45. The van der Waals surface area contributed by atoms with Gasteiger partial charge in [-0.15, -0.1) is 0 Å². The first kappa shape index (κ1) is 10.0. The fraction of sp³-hybridized carbons (Fsp3) is 0.417. The number of hydrogen-bond donors (Lipinski definition) is 1. The van der Waals surface area contributed by atoms with Gasteiger partial charge in [0, 0.05) is 18.8 Å². The number of nitriles is 1. The molecule has 0 bridgehead atoms. The molecule has 0 spiro atoms. The minimum absolute atomic E-state index is 0.554. The van der Waals surface area contributed by atoms with Crippen LogP contribution in [0.1, 0.15) is 18.1 Å². The topological polar surface area (TPSA) is 47.3 Å². The first-order valence-corrected chi connectivity index (χ1v) is 5.00. The minimum atomic E-state index is -0.554. The van der Waals surface area contributed by atoms with Gasteiger partial charge in [-0.25, -0.2) is 0 Å². The second-order valence-electron chi connectivity index (χ2n) is 4.46. The Bertz CT molecular complexity index is 424. The van der Waals surface area contributed by atoms with E-state index in [1.54, 1.807) is 0 Å². The van der Waals surface area contributed by atoms with Crippen LogP contribution >= 0.6 is 0 Å². The highest BCUT2D eigenvalue weighted by Gasteiger charge is 2.36. The highest BCUT2D eigenvalue weighted by molar-refractivity contribution is 5.55.